The summed E-state index contributed by atoms with van der Waals surface area (Å²) in [6.07, 6.45) is 2.02. The number of aromatic nitrogens is 1. The van der Waals surface area contributed by atoms with Gasteiger partial charge < -0.3 is 10.8 Å². The van der Waals surface area contributed by atoms with Crippen molar-refractivity contribution in [3.05, 3.63) is 40.0 Å². The molecule has 9 heteroatoms. The fraction of sp³-hybridized carbons (Fsp3) is 0.385. The van der Waals surface area contributed by atoms with E-state index in [-0.39, 0.29) is 11.4 Å². The first kappa shape index (κ1) is 21.6. The summed E-state index contributed by atoms with van der Waals surface area (Å²) in [6, 6.07) is 1.17. The van der Waals surface area contributed by atoms with E-state index in [0.717, 1.165) is 17.4 Å². The smallest absolute Gasteiger partial charge is 0.353 e. The van der Waals surface area contributed by atoms with Crippen LogP contribution in [0.1, 0.15) is 33.4 Å². The average molecular weight is 313 g/mol. The molecule has 1 rings (SSSR count). The molecular weight excluding hydrogens is 290 g/mol. The summed E-state index contributed by atoms with van der Waals surface area (Å²) in [7, 11) is 0. The number of carbonyl (C=O) groups is 1. The van der Waals surface area contributed by atoms with Gasteiger partial charge in [-0.1, -0.05) is 27.7 Å². The van der Waals surface area contributed by atoms with E-state index < -0.39 is 16.6 Å². The van der Waals surface area contributed by atoms with E-state index in [1.807, 2.05) is 27.7 Å². The molecule has 0 amide bonds. The summed E-state index contributed by atoms with van der Waals surface area (Å²) >= 11 is 0. The Morgan fingerprint density at radius 2 is 1.91 bits per heavy atom. The molecule has 0 spiro atoms. The van der Waals surface area contributed by atoms with Crippen LogP contribution >= 0.6 is 0 Å². The molecule has 0 saturated heterocycles. The Kier molecular flexibility index (Phi) is 10.8. The van der Waals surface area contributed by atoms with Gasteiger partial charge in [0.2, 0.25) is 0 Å². The molecule has 0 saturated carbocycles. The van der Waals surface area contributed by atoms with Crippen molar-refractivity contribution < 1.29 is 14.8 Å². The van der Waals surface area contributed by atoms with Gasteiger partial charge in [0.25, 0.3) is 5.69 Å². The number of nitrogens with two attached hydrogens (primary N) is 2. The number of nitro groups is 1. The molecule has 0 atom stereocenters. The third-order valence-corrected chi connectivity index (χ3v) is 2.06. The molecule has 0 fully saturated rings. The van der Waals surface area contributed by atoms with Crippen molar-refractivity contribution in [2.75, 3.05) is 5.01 Å². The number of aliphatic carboxylic acids is 1. The molecule has 0 aromatic carbocycles. The highest BCUT2D eigenvalue weighted by Crippen LogP contribution is 2.21. The van der Waals surface area contributed by atoms with Crippen molar-refractivity contribution in [3.63, 3.8) is 0 Å². The minimum Gasteiger partial charge on any atom is -0.477 e. The first-order valence-electron chi connectivity index (χ1n) is 6.68. The van der Waals surface area contributed by atoms with Gasteiger partial charge in [0.15, 0.2) is 0 Å². The Bertz CT molecular complexity index is 531. The number of carboxylic acid groups (broad SMARTS) is 1. The lowest BCUT2D eigenvalue weighted by Crippen LogP contribution is -2.28. The highest BCUT2D eigenvalue weighted by molar-refractivity contribution is 5.86. The zero-order chi connectivity index (χ0) is 17.9. The standard InChI is InChI=1S/C9H11N5O4.2C2H6/c1-5-8(2-6(3-12-5)14(17)18)13(11)4-7(10)9(15)16;2*1-2/h2-4H,10-11H2,1H3,(H,15,16);2*1-2H3/b7-4-;;. The minimum atomic E-state index is -1.35. The van der Waals surface area contributed by atoms with Crippen LogP contribution in [-0.2, 0) is 4.79 Å². The third-order valence-electron chi connectivity index (χ3n) is 2.06. The van der Waals surface area contributed by atoms with Crippen LogP contribution in [-0.4, -0.2) is 21.0 Å². The van der Waals surface area contributed by atoms with E-state index in [0.29, 0.717) is 5.69 Å². The van der Waals surface area contributed by atoms with Crippen molar-refractivity contribution in [1.82, 2.24) is 4.98 Å². The molecule has 0 aliphatic rings. The van der Waals surface area contributed by atoms with Gasteiger partial charge in [0.05, 0.1) is 22.5 Å². The molecule has 9 nitrogen and oxygen atoms in total. The summed E-state index contributed by atoms with van der Waals surface area (Å²) in [5.74, 6) is 4.21. The number of rotatable bonds is 4. The van der Waals surface area contributed by atoms with Gasteiger partial charge >= 0.3 is 5.97 Å². The number of nitrogens with zero attached hydrogens (tertiary/aromatic N) is 3. The lowest BCUT2D eigenvalue weighted by molar-refractivity contribution is -0.385. The van der Waals surface area contributed by atoms with Crippen molar-refractivity contribution in [2.45, 2.75) is 34.6 Å². The molecule has 1 heterocycles. The first-order valence-corrected chi connectivity index (χ1v) is 6.68. The number of hydrazine groups is 1. The molecule has 0 unspecified atom stereocenters. The molecule has 124 valence electrons. The fourth-order valence-corrected chi connectivity index (χ4v) is 1.15. The second-order valence-corrected chi connectivity index (χ2v) is 3.35. The topological polar surface area (TPSA) is 149 Å². The largest absolute Gasteiger partial charge is 0.477 e. The van der Waals surface area contributed by atoms with E-state index in [9.17, 15) is 14.9 Å². The molecule has 5 N–H and O–H groups in total. The Hall–Kier alpha value is -2.68. The van der Waals surface area contributed by atoms with Crippen LogP contribution in [0.2, 0.25) is 0 Å². The number of anilines is 1. The maximum atomic E-state index is 10.6. The van der Waals surface area contributed by atoms with Gasteiger partial charge in [0, 0.05) is 6.07 Å². The molecule has 0 bridgehead atoms. The number of aryl methyl sites for hydroxylation is 1. The predicted octanol–water partition coefficient (Wildman–Crippen LogP) is 1.92. The Morgan fingerprint density at radius 3 is 2.32 bits per heavy atom. The summed E-state index contributed by atoms with van der Waals surface area (Å²) in [4.78, 5) is 24.3. The van der Waals surface area contributed by atoms with Crippen LogP contribution in [0.5, 0.6) is 0 Å². The monoisotopic (exact) mass is 313 g/mol. The summed E-state index contributed by atoms with van der Waals surface area (Å²) in [5, 5.41) is 20.1. The molecule has 0 aliphatic heterocycles. The zero-order valence-electron chi connectivity index (χ0n) is 13.4. The van der Waals surface area contributed by atoms with Gasteiger partial charge in [-0.2, -0.15) is 0 Å². The van der Waals surface area contributed by atoms with Crippen molar-refractivity contribution in [3.8, 4) is 0 Å². The van der Waals surface area contributed by atoms with Crippen LogP contribution in [0.3, 0.4) is 0 Å². The maximum absolute atomic E-state index is 10.6. The second kappa shape index (κ2) is 11.0. The van der Waals surface area contributed by atoms with Crippen molar-refractivity contribution in [2.24, 2.45) is 11.6 Å². The summed E-state index contributed by atoms with van der Waals surface area (Å²) < 4.78 is 0. The number of hydrogen-bond donors (Lipinski definition) is 3. The van der Waals surface area contributed by atoms with Gasteiger partial charge in [-0.3, -0.25) is 20.1 Å². The van der Waals surface area contributed by atoms with E-state index in [1.165, 1.54) is 6.07 Å². The first-order chi connectivity index (χ1) is 10.3. The van der Waals surface area contributed by atoms with Crippen molar-refractivity contribution >= 4 is 17.3 Å². The average Bonchev–Trinajstić information content (AvgIpc) is 2.51. The fourth-order valence-electron chi connectivity index (χ4n) is 1.15. The van der Waals surface area contributed by atoms with Crippen molar-refractivity contribution in [1.29, 1.82) is 0 Å². The predicted molar refractivity (Wildman–Crippen MR) is 84.9 cm³/mol. The lowest BCUT2D eigenvalue weighted by atomic mass is 10.3. The third kappa shape index (κ3) is 6.66. The SMILES string of the molecule is CC.CC.Cc1ncc([N+](=O)[O-])cc1N(N)/C=C(\N)C(=O)O. The molecule has 22 heavy (non-hydrogen) atoms. The highest BCUT2D eigenvalue weighted by atomic mass is 16.6. The van der Waals surface area contributed by atoms with Crippen LogP contribution in [0, 0.1) is 17.0 Å². The zero-order valence-corrected chi connectivity index (χ0v) is 13.4. The van der Waals surface area contributed by atoms with Crippen LogP contribution in [0.15, 0.2) is 24.2 Å². The molecule has 0 aliphatic carbocycles. The van der Waals surface area contributed by atoms with Gasteiger partial charge in [-0.15, -0.1) is 0 Å². The van der Waals surface area contributed by atoms with Gasteiger partial charge in [-0.05, 0) is 6.92 Å². The van der Waals surface area contributed by atoms with E-state index in [4.69, 9.17) is 16.7 Å². The van der Waals surface area contributed by atoms with Gasteiger partial charge in [-0.25, -0.2) is 10.6 Å². The van der Waals surface area contributed by atoms with Crippen LogP contribution in [0.4, 0.5) is 11.4 Å². The molecule has 1 aromatic heterocycles. The second-order valence-electron chi connectivity index (χ2n) is 3.35. The molecule has 1 aromatic rings. The van der Waals surface area contributed by atoms with Crippen LogP contribution < -0.4 is 16.6 Å². The number of hydrogen-bond acceptors (Lipinski definition) is 7. The minimum absolute atomic E-state index is 0.188. The quantitative estimate of drug-likeness (QED) is 0.330. The normalized spacial score (nSPS) is 9.64. The van der Waals surface area contributed by atoms with Gasteiger partial charge in [0.1, 0.15) is 11.9 Å². The Balaban J connectivity index is 0. The lowest BCUT2D eigenvalue weighted by Gasteiger charge is -2.15. The molecular formula is C13H23N5O4. The highest BCUT2D eigenvalue weighted by Gasteiger charge is 2.13. The maximum Gasteiger partial charge on any atom is 0.353 e. The summed E-state index contributed by atoms with van der Waals surface area (Å²) in [6.45, 7) is 9.57. The molecule has 0 radical (unpaired) electrons. The number of pyridine rings is 1. The number of carboxylic acids is 1. The van der Waals surface area contributed by atoms with Crippen LogP contribution in [0.25, 0.3) is 0 Å². The Morgan fingerprint density at radius 1 is 1.41 bits per heavy atom. The Labute approximate surface area is 129 Å². The van der Waals surface area contributed by atoms with E-state index in [2.05, 4.69) is 4.98 Å². The van der Waals surface area contributed by atoms with E-state index in [1.54, 1.807) is 6.92 Å². The summed E-state index contributed by atoms with van der Waals surface area (Å²) in [5.41, 5.74) is 5.02. The van der Waals surface area contributed by atoms with E-state index >= 15 is 0 Å².